The van der Waals surface area contributed by atoms with E-state index >= 15 is 0 Å². The van der Waals surface area contributed by atoms with Gasteiger partial charge in [0.05, 0.1) is 17.3 Å². The molecule has 0 N–H and O–H groups in total. The molecular formula is C13H18ClN5O. The smallest absolute Gasteiger partial charge is 0.244 e. The van der Waals surface area contributed by atoms with Gasteiger partial charge >= 0.3 is 0 Å². The van der Waals surface area contributed by atoms with Crippen molar-refractivity contribution < 1.29 is 4.79 Å². The minimum Gasteiger partial charge on any atom is -0.338 e. The minimum atomic E-state index is -0.0322. The molecule has 0 aromatic carbocycles. The Morgan fingerprint density at radius 2 is 2.15 bits per heavy atom. The van der Waals surface area contributed by atoms with Crippen LogP contribution >= 0.6 is 11.6 Å². The van der Waals surface area contributed by atoms with Crippen LogP contribution in [0.1, 0.15) is 18.3 Å². The van der Waals surface area contributed by atoms with Crippen LogP contribution < -0.4 is 0 Å². The standard InChI is InChI=1S/C13H18ClN5O/c1-4-18-7-11(14)12(16-18)8-17(3)13(20)9-19-6-5-10(2)15-19/h5-7H,4,8-9H2,1-3H3. The van der Waals surface area contributed by atoms with Gasteiger partial charge in [-0.05, 0) is 19.9 Å². The predicted molar refractivity (Wildman–Crippen MR) is 76.3 cm³/mol. The number of aryl methyl sites for hydroxylation is 2. The number of rotatable bonds is 5. The molecule has 108 valence electrons. The van der Waals surface area contributed by atoms with E-state index in [-0.39, 0.29) is 12.5 Å². The van der Waals surface area contributed by atoms with Crippen molar-refractivity contribution in [3.05, 3.63) is 34.9 Å². The Morgan fingerprint density at radius 1 is 1.40 bits per heavy atom. The molecule has 0 bridgehead atoms. The van der Waals surface area contributed by atoms with Crippen LogP contribution in [-0.2, 0) is 24.4 Å². The van der Waals surface area contributed by atoms with Crippen LogP contribution in [0.3, 0.4) is 0 Å². The zero-order chi connectivity index (χ0) is 14.7. The molecule has 0 aliphatic carbocycles. The average molecular weight is 296 g/mol. The van der Waals surface area contributed by atoms with E-state index in [4.69, 9.17) is 11.6 Å². The van der Waals surface area contributed by atoms with Gasteiger partial charge in [-0.15, -0.1) is 0 Å². The lowest BCUT2D eigenvalue weighted by molar-refractivity contribution is -0.131. The van der Waals surface area contributed by atoms with Crippen LogP contribution in [0.15, 0.2) is 18.5 Å². The van der Waals surface area contributed by atoms with Gasteiger partial charge in [-0.25, -0.2) is 0 Å². The summed E-state index contributed by atoms with van der Waals surface area (Å²) in [7, 11) is 1.74. The van der Waals surface area contributed by atoms with Gasteiger partial charge in [0.1, 0.15) is 12.2 Å². The molecular weight excluding hydrogens is 278 g/mol. The molecule has 0 saturated carbocycles. The number of nitrogens with zero attached hydrogens (tertiary/aromatic N) is 5. The Bertz CT molecular complexity index is 604. The maximum absolute atomic E-state index is 12.1. The van der Waals surface area contributed by atoms with Gasteiger partial charge in [0.25, 0.3) is 0 Å². The van der Waals surface area contributed by atoms with Crippen molar-refractivity contribution in [3.63, 3.8) is 0 Å². The first-order valence-electron chi connectivity index (χ1n) is 6.45. The Morgan fingerprint density at radius 3 is 2.70 bits per heavy atom. The summed E-state index contributed by atoms with van der Waals surface area (Å²) >= 11 is 6.10. The van der Waals surface area contributed by atoms with Gasteiger partial charge < -0.3 is 4.90 Å². The lowest BCUT2D eigenvalue weighted by atomic mass is 10.4. The quantitative estimate of drug-likeness (QED) is 0.844. The Kier molecular flexibility index (Phi) is 4.44. The maximum atomic E-state index is 12.1. The second kappa shape index (κ2) is 6.09. The summed E-state index contributed by atoms with van der Waals surface area (Å²) in [6.45, 7) is 5.25. The summed E-state index contributed by atoms with van der Waals surface area (Å²) < 4.78 is 3.38. The second-order valence-electron chi connectivity index (χ2n) is 4.68. The van der Waals surface area contributed by atoms with E-state index in [1.165, 1.54) is 0 Å². The van der Waals surface area contributed by atoms with E-state index in [0.29, 0.717) is 17.3 Å². The molecule has 7 heteroatoms. The molecule has 1 amide bonds. The highest BCUT2D eigenvalue weighted by atomic mass is 35.5. The fraction of sp³-hybridized carbons (Fsp3) is 0.462. The van der Waals surface area contributed by atoms with Crippen LogP contribution in [0.25, 0.3) is 0 Å². The van der Waals surface area contributed by atoms with Crippen LogP contribution in [0.4, 0.5) is 0 Å². The summed E-state index contributed by atoms with van der Waals surface area (Å²) in [5, 5.41) is 9.11. The van der Waals surface area contributed by atoms with Crippen molar-refractivity contribution in [2.45, 2.75) is 33.5 Å². The second-order valence-corrected chi connectivity index (χ2v) is 5.09. The van der Waals surface area contributed by atoms with Crippen molar-refractivity contribution in [3.8, 4) is 0 Å². The molecule has 0 radical (unpaired) electrons. The van der Waals surface area contributed by atoms with E-state index in [1.807, 2.05) is 19.9 Å². The highest BCUT2D eigenvalue weighted by Gasteiger charge is 2.14. The third-order valence-electron chi connectivity index (χ3n) is 3.00. The largest absolute Gasteiger partial charge is 0.338 e. The Balaban J connectivity index is 1.98. The summed E-state index contributed by atoms with van der Waals surface area (Å²) in [6.07, 6.45) is 3.56. The number of hydrogen-bond donors (Lipinski definition) is 0. The summed E-state index contributed by atoms with van der Waals surface area (Å²) in [4.78, 5) is 13.7. The molecule has 2 heterocycles. The number of amides is 1. The van der Waals surface area contributed by atoms with Gasteiger partial charge in [-0.3, -0.25) is 14.2 Å². The third kappa shape index (κ3) is 3.39. The third-order valence-corrected chi connectivity index (χ3v) is 3.31. The number of halogens is 1. The fourth-order valence-corrected chi connectivity index (χ4v) is 2.04. The highest BCUT2D eigenvalue weighted by Crippen LogP contribution is 2.15. The van der Waals surface area contributed by atoms with E-state index in [9.17, 15) is 4.79 Å². The first-order valence-corrected chi connectivity index (χ1v) is 6.83. The number of hydrogen-bond acceptors (Lipinski definition) is 3. The molecule has 6 nitrogen and oxygen atoms in total. The molecule has 2 aromatic rings. The first kappa shape index (κ1) is 14.6. The van der Waals surface area contributed by atoms with Gasteiger partial charge in [-0.1, -0.05) is 11.6 Å². The summed E-state index contributed by atoms with van der Waals surface area (Å²) in [6, 6.07) is 1.87. The predicted octanol–water partition coefficient (Wildman–Crippen LogP) is 1.72. The lowest BCUT2D eigenvalue weighted by Gasteiger charge is -2.16. The fourth-order valence-electron chi connectivity index (χ4n) is 1.83. The van der Waals surface area contributed by atoms with Gasteiger partial charge in [0.15, 0.2) is 0 Å². The number of carbonyl (C=O) groups excluding carboxylic acids is 1. The van der Waals surface area contributed by atoms with Crippen molar-refractivity contribution in [1.82, 2.24) is 24.5 Å². The average Bonchev–Trinajstić information content (AvgIpc) is 2.96. The van der Waals surface area contributed by atoms with E-state index < -0.39 is 0 Å². The highest BCUT2D eigenvalue weighted by molar-refractivity contribution is 6.31. The molecule has 0 fully saturated rings. The molecule has 0 spiro atoms. The molecule has 2 rings (SSSR count). The minimum absolute atomic E-state index is 0.0322. The molecule has 20 heavy (non-hydrogen) atoms. The number of carbonyl (C=O) groups is 1. The SMILES string of the molecule is CCn1cc(Cl)c(CN(C)C(=O)Cn2ccc(C)n2)n1. The number of likely N-dealkylation sites (N-methyl/N-ethyl adjacent to an activating group) is 1. The zero-order valence-corrected chi connectivity index (χ0v) is 12.6. The van der Waals surface area contributed by atoms with Crippen LogP contribution in [0.5, 0.6) is 0 Å². The van der Waals surface area contributed by atoms with Crippen LogP contribution in [0, 0.1) is 6.92 Å². The molecule has 2 aromatic heterocycles. The van der Waals surface area contributed by atoms with Gasteiger partial charge in [0, 0.05) is 26.0 Å². The maximum Gasteiger partial charge on any atom is 0.244 e. The monoisotopic (exact) mass is 295 g/mol. The molecule has 0 unspecified atom stereocenters. The normalized spacial score (nSPS) is 10.8. The summed E-state index contributed by atoms with van der Waals surface area (Å²) in [5.41, 5.74) is 1.60. The first-order chi connectivity index (χ1) is 9.49. The van der Waals surface area contributed by atoms with E-state index in [0.717, 1.165) is 12.2 Å². The zero-order valence-electron chi connectivity index (χ0n) is 11.9. The molecule has 0 atom stereocenters. The van der Waals surface area contributed by atoms with Crippen molar-refractivity contribution in [2.75, 3.05) is 7.05 Å². The van der Waals surface area contributed by atoms with Crippen molar-refractivity contribution in [1.29, 1.82) is 0 Å². The van der Waals surface area contributed by atoms with Crippen LogP contribution in [-0.4, -0.2) is 37.4 Å². The number of aromatic nitrogens is 4. The molecule has 0 aliphatic heterocycles. The topological polar surface area (TPSA) is 56.0 Å². The molecule has 0 aliphatic rings. The Hall–Kier alpha value is -1.82. The lowest BCUT2D eigenvalue weighted by Crippen LogP contribution is -2.30. The van der Waals surface area contributed by atoms with Crippen molar-refractivity contribution >= 4 is 17.5 Å². The molecule has 0 saturated heterocycles. The van der Waals surface area contributed by atoms with Crippen LogP contribution in [0.2, 0.25) is 5.02 Å². The van der Waals surface area contributed by atoms with Crippen molar-refractivity contribution in [2.24, 2.45) is 0 Å². The summed E-state index contributed by atoms with van der Waals surface area (Å²) in [5.74, 6) is -0.0322. The Labute approximate surface area is 122 Å². The van der Waals surface area contributed by atoms with Gasteiger partial charge in [0.2, 0.25) is 5.91 Å². The van der Waals surface area contributed by atoms with E-state index in [1.54, 1.807) is 33.7 Å². The van der Waals surface area contributed by atoms with Gasteiger partial charge in [-0.2, -0.15) is 10.2 Å². The van der Waals surface area contributed by atoms with E-state index in [2.05, 4.69) is 10.2 Å².